The summed E-state index contributed by atoms with van der Waals surface area (Å²) in [7, 11) is 0. The Labute approximate surface area is 96.2 Å². The highest BCUT2D eigenvalue weighted by molar-refractivity contribution is 5.85. The van der Waals surface area contributed by atoms with Crippen molar-refractivity contribution in [2.75, 3.05) is 6.54 Å². The molecule has 0 saturated carbocycles. The second kappa shape index (κ2) is 4.06. The summed E-state index contributed by atoms with van der Waals surface area (Å²) in [5, 5.41) is 3.07. The van der Waals surface area contributed by atoms with Gasteiger partial charge in [0.25, 0.3) is 0 Å². The van der Waals surface area contributed by atoms with Gasteiger partial charge in [-0.25, -0.2) is 0 Å². The predicted molar refractivity (Wildman–Crippen MR) is 62.7 cm³/mol. The number of hydrogen-bond acceptors (Lipinski definition) is 2. The van der Waals surface area contributed by atoms with E-state index >= 15 is 0 Å². The van der Waals surface area contributed by atoms with Gasteiger partial charge in [0.2, 0.25) is 5.91 Å². The van der Waals surface area contributed by atoms with E-state index in [4.69, 9.17) is 0 Å². The zero-order chi connectivity index (χ0) is 11.0. The minimum Gasteiger partial charge on any atom is -0.327 e. The maximum Gasteiger partial charge on any atom is 0.241 e. The lowest BCUT2D eigenvalue weighted by atomic mass is 9.96. The van der Waals surface area contributed by atoms with Crippen molar-refractivity contribution >= 4 is 5.91 Å². The lowest BCUT2D eigenvalue weighted by Crippen LogP contribution is -2.58. The van der Waals surface area contributed by atoms with E-state index in [0.717, 1.165) is 25.1 Å². The first-order valence-electron chi connectivity index (χ1n) is 6.29. The third-order valence-electron chi connectivity index (χ3n) is 3.89. The van der Waals surface area contributed by atoms with Crippen molar-refractivity contribution < 1.29 is 4.79 Å². The Kier molecular flexibility index (Phi) is 2.56. The van der Waals surface area contributed by atoms with Crippen LogP contribution in [-0.4, -0.2) is 29.4 Å². The van der Waals surface area contributed by atoms with Gasteiger partial charge in [0.15, 0.2) is 0 Å². The van der Waals surface area contributed by atoms with Crippen molar-refractivity contribution in [1.82, 2.24) is 10.2 Å². The van der Waals surface area contributed by atoms with Crippen LogP contribution in [0.2, 0.25) is 0 Å². The number of carbonyl (C=O) groups is 1. The normalized spacial score (nSPS) is 34.5. The highest BCUT2D eigenvalue weighted by atomic mass is 16.2. The van der Waals surface area contributed by atoms with E-state index in [0.29, 0.717) is 6.04 Å². The lowest BCUT2D eigenvalue weighted by molar-refractivity contribution is -0.129. The molecule has 0 radical (unpaired) electrons. The lowest BCUT2D eigenvalue weighted by Gasteiger charge is -2.42. The number of carbonyl (C=O) groups excluding carboxylic acids is 1. The molecule has 0 spiro atoms. The van der Waals surface area contributed by atoms with E-state index in [1.807, 2.05) is 12.2 Å². The summed E-state index contributed by atoms with van der Waals surface area (Å²) in [5.74, 6) is 0.208. The summed E-state index contributed by atoms with van der Waals surface area (Å²) in [5.41, 5.74) is 1.10. The molecular formula is C13H18N2O. The van der Waals surface area contributed by atoms with Gasteiger partial charge in [0.1, 0.15) is 0 Å². The van der Waals surface area contributed by atoms with Gasteiger partial charge in [-0.1, -0.05) is 25.0 Å². The Bertz CT molecular complexity index is 359. The second-order valence-corrected chi connectivity index (χ2v) is 4.89. The molecular weight excluding hydrogens is 200 g/mol. The zero-order valence-corrected chi connectivity index (χ0v) is 9.48. The molecule has 0 aromatic rings. The topological polar surface area (TPSA) is 32.3 Å². The average Bonchev–Trinajstić information content (AvgIpc) is 2.55. The van der Waals surface area contributed by atoms with Crippen LogP contribution in [0.15, 0.2) is 23.9 Å². The van der Waals surface area contributed by atoms with E-state index in [1.165, 1.54) is 19.3 Å². The van der Waals surface area contributed by atoms with Crippen molar-refractivity contribution in [3.05, 3.63) is 23.9 Å². The van der Waals surface area contributed by atoms with Gasteiger partial charge < -0.3 is 5.32 Å². The molecule has 2 heterocycles. The smallest absolute Gasteiger partial charge is 0.241 e. The molecule has 0 aromatic heterocycles. The fourth-order valence-corrected chi connectivity index (χ4v) is 3.07. The van der Waals surface area contributed by atoms with Gasteiger partial charge in [-0.15, -0.1) is 0 Å². The van der Waals surface area contributed by atoms with Gasteiger partial charge in [0, 0.05) is 5.70 Å². The van der Waals surface area contributed by atoms with E-state index < -0.39 is 0 Å². The minimum atomic E-state index is 0.121. The number of allylic oxidation sites excluding steroid dienone is 2. The number of fused-ring (bicyclic) bond motifs is 3. The zero-order valence-electron chi connectivity index (χ0n) is 9.48. The maximum absolute atomic E-state index is 12.0. The van der Waals surface area contributed by atoms with Crippen molar-refractivity contribution in [2.24, 2.45) is 0 Å². The third-order valence-corrected chi connectivity index (χ3v) is 3.89. The largest absolute Gasteiger partial charge is 0.327 e. The molecule has 3 nitrogen and oxygen atoms in total. The van der Waals surface area contributed by atoms with Crippen molar-refractivity contribution in [2.45, 2.75) is 44.2 Å². The Balaban J connectivity index is 1.90. The molecule has 3 rings (SSSR count). The maximum atomic E-state index is 12.0. The summed E-state index contributed by atoms with van der Waals surface area (Å²) in [4.78, 5) is 14.4. The molecule has 2 aliphatic heterocycles. The van der Waals surface area contributed by atoms with Crippen molar-refractivity contribution in [3.8, 4) is 0 Å². The predicted octanol–water partition coefficient (Wildman–Crippen LogP) is 1.57. The number of hydrogen-bond donors (Lipinski definition) is 1. The van der Waals surface area contributed by atoms with E-state index in [1.54, 1.807) is 0 Å². The van der Waals surface area contributed by atoms with E-state index in [9.17, 15) is 4.79 Å². The summed E-state index contributed by atoms with van der Waals surface area (Å²) < 4.78 is 0. The molecule has 0 aromatic carbocycles. The standard InChI is InChI=1S/C13H18N2O/c16-13-12-8-2-1-5-9-15(12)11-7-4-3-6-10(11)14-13/h3-4,6,11-12H,1-2,5,7-9H2,(H,14,16). The molecule has 2 atom stereocenters. The van der Waals surface area contributed by atoms with Gasteiger partial charge in [-0.2, -0.15) is 0 Å². The van der Waals surface area contributed by atoms with Gasteiger partial charge in [0.05, 0.1) is 12.1 Å². The Morgan fingerprint density at radius 3 is 3.12 bits per heavy atom. The second-order valence-electron chi connectivity index (χ2n) is 4.89. The number of amides is 1. The molecule has 86 valence electrons. The molecule has 1 amide bonds. The summed E-state index contributed by atoms with van der Waals surface area (Å²) in [6, 6.07) is 0.543. The summed E-state index contributed by atoms with van der Waals surface area (Å²) in [6.45, 7) is 1.08. The molecule has 1 aliphatic carbocycles. The summed E-state index contributed by atoms with van der Waals surface area (Å²) in [6.07, 6.45) is 12.1. The van der Waals surface area contributed by atoms with Crippen LogP contribution in [0.4, 0.5) is 0 Å². The van der Waals surface area contributed by atoms with Crippen LogP contribution >= 0.6 is 0 Å². The molecule has 3 heteroatoms. The van der Waals surface area contributed by atoms with Crippen LogP contribution in [0, 0.1) is 0 Å². The molecule has 2 fully saturated rings. The number of nitrogens with zero attached hydrogens (tertiary/aromatic N) is 1. The quantitative estimate of drug-likeness (QED) is 0.669. The third kappa shape index (κ3) is 1.59. The Morgan fingerprint density at radius 1 is 1.25 bits per heavy atom. The molecule has 0 bridgehead atoms. The van der Waals surface area contributed by atoms with Gasteiger partial charge in [-0.05, 0) is 31.9 Å². The van der Waals surface area contributed by atoms with Crippen LogP contribution in [0.1, 0.15) is 32.1 Å². The fraction of sp³-hybridized carbons (Fsp3) is 0.615. The van der Waals surface area contributed by atoms with Crippen molar-refractivity contribution in [3.63, 3.8) is 0 Å². The van der Waals surface area contributed by atoms with Crippen LogP contribution in [0.5, 0.6) is 0 Å². The van der Waals surface area contributed by atoms with Crippen LogP contribution in [-0.2, 0) is 4.79 Å². The van der Waals surface area contributed by atoms with E-state index in [2.05, 4.69) is 16.3 Å². The first-order chi connectivity index (χ1) is 7.86. The Hall–Kier alpha value is -1.09. The first kappa shape index (κ1) is 10.1. The highest BCUT2D eigenvalue weighted by Crippen LogP contribution is 2.29. The van der Waals surface area contributed by atoms with Gasteiger partial charge in [-0.3, -0.25) is 9.69 Å². The minimum absolute atomic E-state index is 0.121. The van der Waals surface area contributed by atoms with Crippen LogP contribution < -0.4 is 5.32 Å². The average molecular weight is 218 g/mol. The van der Waals surface area contributed by atoms with Crippen LogP contribution in [0.3, 0.4) is 0 Å². The molecule has 2 unspecified atom stereocenters. The number of nitrogens with one attached hydrogen (secondary N) is 1. The van der Waals surface area contributed by atoms with Crippen molar-refractivity contribution in [1.29, 1.82) is 0 Å². The molecule has 1 N–H and O–H groups in total. The molecule has 16 heavy (non-hydrogen) atoms. The molecule has 3 aliphatic rings. The Morgan fingerprint density at radius 2 is 2.19 bits per heavy atom. The van der Waals surface area contributed by atoms with E-state index in [-0.39, 0.29) is 11.9 Å². The van der Waals surface area contributed by atoms with Crippen LogP contribution in [0.25, 0.3) is 0 Å². The fourth-order valence-electron chi connectivity index (χ4n) is 3.07. The highest BCUT2D eigenvalue weighted by Gasteiger charge is 2.38. The first-order valence-corrected chi connectivity index (χ1v) is 6.29. The summed E-state index contributed by atoms with van der Waals surface area (Å²) >= 11 is 0. The number of piperazine rings is 1. The monoisotopic (exact) mass is 218 g/mol. The number of rotatable bonds is 0. The molecule has 2 saturated heterocycles. The van der Waals surface area contributed by atoms with Gasteiger partial charge >= 0.3 is 0 Å². The SMILES string of the molecule is O=C1NC2=CC=CCC2N2CCCCCC12.